The SMILES string of the molecule is O=C(Nc1cncs1)[C@H]1CC(Cl)=CC[C@H]1C(=O)O. The maximum atomic E-state index is 12.0. The number of rotatable bonds is 3. The lowest BCUT2D eigenvalue weighted by atomic mass is 9.82. The normalized spacial score (nSPS) is 23.3. The molecule has 0 radical (unpaired) electrons. The third-order valence-electron chi connectivity index (χ3n) is 2.83. The number of anilines is 1. The molecule has 0 saturated carbocycles. The number of carboxylic acids is 1. The molecule has 2 N–H and O–H groups in total. The van der Waals surface area contributed by atoms with E-state index in [9.17, 15) is 9.59 Å². The van der Waals surface area contributed by atoms with E-state index in [0.717, 1.165) is 0 Å². The molecule has 0 aromatic carbocycles. The number of aromatic nitrogens is 1. The molecule has 1 amide bonds. The number of nitrogens with one attached hydrogen (secondary N) is 1. The van der Waals surface area contributed by atoms with Gasteiger partial charge < -0.3 is 10.4 Å². The molecule has 2 rings (SSSR count). The number of hydrogen-bond acceptors (Lipinski definition) is 4. The lowest BCUT2D eigenvalue weighted by Crippen LogP contribution is -2.35. The molecule has 0 unspecified atom stereocenters. The van der Waals surface area contributed by atoms with Gasteiger partial charge in [-0.1, -0.05) is 17.7 Å². The first-order chi connectivity index (χ1) is 8.58. The average molecular weight is 287 g/mol. The van der Waals surface area contributed by atoms with Gasteiger partial charge in [0.2, 0.25) is 5.91 Å². The number of carbonyl (C=O) groups excluding carboxylic acids is 1. The third kappa shape index (κ3) is 2.88. The zero-order chi connectivity index (χ0) is 13.1. The third-order valence-corrected chi connectivity index (χ3v) is 3.82. The Labute approximate surface area is 112 Å². The number of carbonyl (C=O) groups is 2. The molecule has 7 heteroatoms. The predicted octanol–water partition coefficient (Wildman–Crippen LogP) is 2.32. The van der Waals surface area contributed by atoms with Crippen molar-refractivity contribution in [3.8, 4) is 0 Å². The van der Waals surface area contributed by atoms with E-state index < -0.39 is 17.8 Å². The number of allylic oxidation sites excluding steroid dienone is 2. The van der Waals surface area contributed by atoms with Crippen LogP contribution in [0.25, 0.3) is 0 Å². The Bertz CT molecular complexity index is 486. The molecular weight excluding hydrogens is 276 g/mol. The van der Waals surface area contributed by atoms with Crippen LogP contribution in [0.4, 0.5) is 5.00 Å². The molecule has 96 valence electrons. The fraction of sp³-hybridized carbons (Fsp3) is 0.364. The van der Waals surface area contributed by atoms with Crippen molar-refractivity contribution in [3.63, 3.8) is 0 Å². The molecule has 0 spiro atoms. The topological polar surface area (TPSA) is 79.3 Å². The van der Waals surface area contributed by atoms with Crippen molar-refractivity contribution < 1.29 is 14.7 Å². The van der Waals surface area contributed by atoms with Crippen LogP contribution < -0.4 is 5.32 Å². The molecule has 1 heterocycles. The fourth-order valence-electron chi connectivity index (χ4n) is 1.89. The van der Waals surface area contributed by atoms with Crippen LogP contribution in [-0.4, -0.2) is 22.0 Å². The maximum absolute atomic E-state index is 12.0. The highest BCUT2D eigenvalue weighted by atomic mass is 35.5. The summed E-state index contributed by atoms with van der Waals surface area (Å²) in [5.41, 5.74) is 1.60. The van der Waals surface area contributed by atoms with Gasteiger partial charge in [0, 0.05) is 5.03 Å². The van der Waals surface area contributed by atoms with Gasteiger partial charge in [-0.25, -0.2) is 0 Å². The van der Waals surface area contributed by atoms with Gasteiger partial charge in [-0.15, -0.1) is 11.3 Å². The van der Waals surface area contributed by atoms with E-state index in [1.165, 1.54) is 17.5 Å². The van der Waals surface area contributed by atoms with Crippen LogP contribution in [0.15, 0.2) is 22.8 Å². The highest BCUT2D eigenvalue weighted by Gasteiger charge is 2.36. The van der Waals surface area contributed by atoms with Gasteiger partial charge in [-0.05, 0) is 12.8 Å². The lowest BCUT2D eigenvalue weighted by molar-refractivity contribution is -0.146. The molecule has 2 atom stereocenters. The molecule has 5 nitrogen and oxygen atoms in total. The second-order valence-corrected chi connectivity index (χ2v) is 5.37. The molecule has 18 heavy (non-hydrogen) atoms. The van der Waals surface area contributed by atoms with Crippen molar-refractivity contribution in [1.82, 2.24) is 4.98 Å². The van der Waals surface area contributed by atoms with E-state index >= 15 is 0 Å². The molecule has 1 aliphatic rings. The summed E-state index contributed by atoms with van der Waals surface area (Å²) in [6.07, 6.45) is 3.74. The maximum Gasteiger partial charge on any atom is 0.307 e. The number of aliphatic carboxylic acids is 1. The Hall–Kier alpha value is -1.40. The van der Waals surface area contributed by atoms with Gasteiger partial charge in [0.05, 0.1) is 23.5 Å². The second-order valence-electron chi connectivity index (χ2n) is 4.00. The summed E-state index contributed by atoms with van der Waals surface area (Å²) in [4.78, 5) is 27.0. The number of hydrogen-bond donors (Lipinski definition) is 2. The van der Waals surface area contributed by atoms with Crippen molar-refractivity contribution in [2.24, 2.45) is 11.8 Å². The van der Waals surface area contributed by atoms with Crippen LogP contribution in [0.2, 0.25) is 0 Å². The molecule has 0 saturated heterocycles. The Morgan fingerprint density at radius 2 is 2.28 bits per heavy atom. The molecule has 0 aliphatic heterocycles. The molecule has 0 fully saturated rings. The van der Waals surface area contributed by atoms with Crippen LogP contribution in [0.1, 0.15) is 12.8 Å². The van der Waals surface area contributed by atoms with Gasteiger partial charge in [-0.2, -0.15) is 0 Å². The quantitative estimate of drug-likeness (QED) is 0.894. The highest BCUT2D eigenvalue weighted by Crippen LogP contribution is 2.33. The van der Waals surface area contributed by atoms with Crippen LogP contribution in [-0.2, 0) is 9.59 Å². The zero-order valence-corrected chi connectivity index (χ0v) is 10.9. The Balaban J connectivity index is 2.11. The number of halogens is 1. The fourth-order valence-corrected chi connectivity index (χ4v) is 2.67. The summed E-state index contributed by atoms with van der Waals surface area (Å²) >= 11 is 7.17. The Kier molecular flexibility index (Phi) is 3.98. The predicted molar refractivity (Wildman–Crippen MR) is 68.5 cm³/mol. The minimum atomic E-state index is -0.972. The van der Waals surface area contributed by atoms with Crippen LogP contribution in [0, 0.1) is 11.8 Å². The summed E-state index contributed by atoms with van der Waals surface area (Å²) in [6, 6.07) is 0. The lowest BCUT2D eigenvalue weighted by Gasteiger charge is -2.25. The minimum Gasteiger partial charge on any atom is -0.481 e. The van der Waals surface area contributed by atoms with E-state index in [1.807, 2.05) is 0 Å². The van der Waals surface area contributed by atoms with Crippen molar-refractivity contribution >= 4 is 39.8 Å². The summed E-state index contributed by atoms with van der Waals surface area (Å²) in [5.74, 6) is -2.65. The van der Waals surface area contributed by atoms with Crippen LogP contribution in [0.3, 0.4) is 0 Å². The minimum absolute atomic E-state index is 0.267. The number of nitrogens with zero attached hydrogens (tertiary/aromatic N) is 1. The van der Waals surface area contributed by atoms with E-state index in [1.54, 1.807) is 11.6 Å². The van der Waals surface area contributed by atoms with Crippen molar-refractivity contribution in [1.29, 1.82) is 0 Å². The zero-order valence-electron chi connectivity index (χ0n) is 9.30. The highest BCUT2D eigenvalue weighted by molar-refractivity contribution is 7.13. The van der Waals surface area contributed by atoms with Gasteiger partial charge in [0.15, 0.2) is 0 Å². The first kappa shape index (κ1) is 13.0. The summed E-state index contributed by atoms with van der Waals surface area (Å²) < 4.78 is 0. The van der Waals surface area contributed by atoms with E-state index in [0.29, 0.717) is 10.0 Å². The standard InChI is InChI=1S/C11H11ClN2O3S/c12-6-1-2-7(11(16)17)8(3-6)10(15)14-9-4-13-5-18-9/h1,4-5,7-8H,2-3H2,(H,14,15)(H,16,17)/t7-,8+/m1/s1. The Morgan fingerprint density at radius 1 is 1.50 bits per heavy atom. The van der Waals surface area contributed by atoms with Crippen LogP contribution >= 0.6 is 22.9 Å². The van der Waals surface area contributed by atoms with E-state index in [-0.39, 0.29) is 18.7 Å². The van der Waals surface area contributed by atoms with Gasteiger partial charge >= 0.3 is 5.97 Å². The first-order valence-electron chi connectivity index (χ1n) is 5.34. The van der Waals surface area contributed by atoms with Crippen LogP contribution in [0.5, 0.6) is 0 Å². The van der Waals surface area contributed by atoms with Crippen molar-refractivity contribution in [2.45, 2.75) is 12.8 Å². The molecule has 0 bridgehead atoms. The Morgan fingerprint density at radius 3 is 2.89 bits per heavy atom. The smallest absolute Gasteiger partial charge is 0.307 e. The molecular formula is C11H11ClN2O3S. The van der Waals surface area contributed by atoms with Crippen molar-refractivity contribution in [3.05, 3.63) is 22.8 Å². The molecule has 1 aliphatic carbocycles. The second kappa shape index (κ2) is 5.49. The number of amides is 1. The van der Waals surface area contributed by atoms with Crippen molar-refractivity contribution in [2.75, 3.05) is 5.32 Å². The van der Waals surface area contributed by atoms with E-state index in [2.05, 4.69) is 10.3 Å². The number of carboxylic acid groups (broad SMARTS) is 1. The largest absolute Gasteiger partial charge is 0.481 e. The average Bonchev–Trinajstić information content (AvgIpc) is 2.81. The van der Waals surface area contributed by atoms with E-state index in [4.69, 9.17) is 16.7 Å². The number of thiazole rings is 1. The molecule has 1 aromatic rings. The monoisotopic (exact) mass is 286 g/mol. The summed E-state index contributed by atoms with van der Waals surface area (Å²) in [7, 11) is 0. The van der Waals surface area contributed by atoms with Gasteiger partial charge in [0.1, 0.15) is 5.00 Å². The molecule has 1 aromatic heterocycles. The van der Waals surface area contributed by atoms with Gasteiger partial charge in [-0.3, -0.25) is 14.6 Å². The summed E-state index contributed by atoms with van der Waals surface area (Å²) in [5, 5.41) is 12.9. The summed E-state index contributed by atoms with van der Waals surface area (Å²) in [6.45, 7) is 0. The first-order valence-corrected chi connectivity index (χ1v) is 6.60. The van der Waals surface area contributed by atoms with Gasteiger partial charge in [0.25, 0.3) is 0 Å².